The third-order valence-electron chi connectivity index (χ3n) is 0.547. The number of hydrogen-bond acceptors (Lipinski definition) is 2. The molecule has 0 rings (SSSR count). The Bertz CT molecular complexity index is 30.9. The third-order valence-corrected chi connectivity index (χ3v) is 0.547. The van der Waals surface area contributed by atoms with Gasteiger partial charge in [-0.15, -0.1) is 0 Å². The molecule has 0 unspecified atom stereocenters. The zero-order chi connectivity index (χ0) is 4.99. The van der Waals surface area contributed by atoms with E-state index in [1.54, 1.807) is 0 Å². The van der Waals surface area contributed by atoms with E-state index >= 15 is 0 Å². The number of aliphatic hydroxyl groups is 2. The molecule has 0 fully saturated rings. The Hall–Kier alpha value is 0.738. The van der Waals surface area contributed by atoms with E-state index in [2.05, 4.69) is 0 Å². The summed E-state index contributed by atoms with van der Waals surface area (Å²) < 4.78 is 0. The number of rotatable bonds is 2. The summed E-state index contributed by atoms with van der Waals surface area (Å²) >= 11 is 0. The van der Waals surface area contributed by atoms with Crippen LogP contribution in [0, 0.1) is 0 Å². The molecule has 0 heterocycles. The first kappa shape index (κ1) is 10.7. The molecule has 0 aliphatic carbocycles. The number of aliphatic hydroxyl groups excluding tert-OH is 1. The summed E-state index contributed by atoms with van der Waals surface area (Å²) in [6.07, 6.45) is 0.215. The van der Waals surface area contributed by atoms with E-state index in [4.69, 9.17) is 10.2 Å². The van der Waals surface area contributed by atoms with Gasteiger partial charge < -0.3 is 10.2 Å². The van der Waals surface area contributed by atoms with Crippen LogP contribution >= 0.6 is 0 Å². The Balaban J connectivity index is 0. The second-order valence-electron chi connectivity index (χ2n) is 1.27. The van der Waals surface area contributed by atoms with Gasteiger partial charge in [-0.05, 0) is 6.42 Å². The summed E-state index contributed by atoms with van der Waals surface area (Å²) in [4.78, 5) is 0. The molecule has 7 heavy (non-hydrogen) atoms. The molecule has 0 aliphatic rings. The van der Waals surface area contributed by atoms with Gasteiger partial charge in [0.1, 0.15) is 0 Å². The third kappa shape index (κ3) is 10.8. The van der Waals surface area contributed by atoms with Crippen molar-refractivity contribution in [3.05, 3.63) is 0 Å². The topological polar surface area (TPSA) is 40.5 Å². The predicted molar refractivity (Wildman–Crippen MR) is 33.1 cm³/mol. The molecule has 0 aromatic rings. The van der Waals surface area contributed by atoms with Crippen molar-refractivity contribution in [3.63, 3.8) is 0 Å². The van der Waals surface area contributed by atoms with Crippen LogP contribution in [-0.2, 0) is 0 Å². The fraction of sp³-hybridized carbons (Fsp3) is 1.00. The van der Waals surface area contributed by atoms with Crippen molar-refractivity contribution in [1.29, 1.82) is 0 Å². The van der Waals surface area contributed by atoms with Crippen molar-refractivity contribution < 1.29 is 10.2 Å². The summed E-state index contributed by atoms with van der Waals surface area (Å²) in [5.41, 5.74) is 0. The van der Waals surface area contributed by atoms with Crippen LogP contribution in [0.1, 0.15) is 19.8 Å². The van der Waals surface area contributed by atoms with E-state index < -0.39 is 6.29 Å². The van der Waals surface area contributed by atoms with Gasteiger partial charge >= 0.3 is 24.4 Å². The molecule has 46 valence electrons. The first-order valence-electron chi connectivity index (χ1n) is 2.13. The van der Waals surface area contributed by atoms with E-state index in [9.17, 15) is 0 Å². The van der Waals surface area contributed by atoms with Crippen LogP contribution in [0.5, 0.6) is 0 Å². The Kier molecular flexibility index (Phi) is 10.3. The van der Waals surface area contributed by atoms with E-state index in [0.29, 0.717) is 6.42 Å². The van der Waals surface area contributed by atoms with E-state index in [-0.39, 0.29) is 24.4 Å². The van der Waals surface area contributed by atoms with Crippen LogP contribution in [0.25, 0.3) is 0 Å². The molecule has 0 amide bonds. The molecular formula is C4H13O2Sb. The van der Waals surface area contributed by atoms with Crippen molar-refractivity contribution in [3.8, 4) is 0 Å². The van der Waals surface area contributed by atoms with Crippen molar-refractivity contribution in [2.75, 3.05) is 0 Å². The summed E-state index contributed by atoms with van der Waals surface area (Å²) in [7, 11) is 0. The monoisotopic (exact) mass is 214 g/mol. The Labute approximate surface area is 61.0 Å². The van der Waals surface area contributed by atoms with Gasteiger partial charge in [-0.3, -0.25) is 0 Å². The van der Waals surface area contributed by atoms with Gasteiger partial charge in [0, 0.05) is 0 Å². The Morgan fingerprint density at radius 1 is 1.43 bits per heavy atom. The second-order valence-corrected chi connectivity index (χ2v) is 1.27. The average Bonchev–Trinajstić information content (AvgIpc) is 1.35. The van der Waals surface area contributed by atoms with Gasteiger partial charge in [-0.2, -0.15) is 0 Å². The minimum atomic E-state index is -1.10. The normalized spacial score (nSPS) is 8.57. The molecule has 0 aromatic heterocycles. The molecule has 0 aromatic carbocycles. The van der Waals surface area contributed by atoms with Gasteiger partial charge in [0.2, 0.25) is 0 Å². The zero-order valence-electron chi connectivity index (χ0n) is 4.59. The molecule has 0 saturated carbocycles. The summed E-state index contributed by atoms with van der Waals surface area (Å²) in [6.45, 7) is 1.90. The molecule has 2 N–H and O–H groups in total. The van der Waals surface area contributed by atoms with Crippen LogP contribution in [0.2, 0.25) is 0 Å². The maximum absolute atomic E-state index is 8.11. The first-order valence-corrected chi connectivity index (χ1v) is 2.13. The van der Waals surface area contributed by atoms with Gasteiger partial charge in [0.05, 0.1) is 0 Å². The summed E-state index contributed by atoms with van der Waals surface area (Å²) in [5.74, 6) is 0. The fourth-order valence-electron chi connectivity index (χ4n) is 0.258. The Morgan fingerprint density at radius 2 is 1.86 bits per heavy atom. The van der Waals surface area contributed by atoms with Gasteiger partial charge in [-0.25, -0.2) is 0 Å². The van der Waals surface area contributed by atoms with Crippen molar-refractivity contribution >= 4 is 24.4 Å². The van der Waals surface area contributed by atoms with E-state index in [1.165, 1.54) is 0 Å². The summed E-state index contributed by atoms with van der Waals surface area (Å²) in [6, 6.07) is 0. The van der Waals surface area contributed by atoms with Gasteiger partial charge in [-0.1, -0.05) is 13.3 Å². The predicted octanol–water partition coefficient (Wildman–Crippen LogP) is -1.09. The SMILES string of the molecule is CCCC(O)O.[SbH3]. The zero-order valence-corrected chi connectivity index (χ0v) is 8.63. The second kappa shape index (κ2) is 6.74. The average molecular weight is 215 g/mol. The molecule has 0 bridgehead atoms. The fourth-order valence-corrected chi connectivity index (χ4v) is 0.258. The van der Waals surface area contributed by atoms with Crippen molar-refractivity contribution in [1.82, 2.24) is 0 Å². The molecule has 0 spiro atoms. The Morgan fingerprint density at radius 3 is 1.86 bits per heavy atom. The van der Waals surface area contributed by atoms with Crippen LogP contribution < -0.4 is 0 Å². The molecule has 0 atom stereocenters. The number of hydrogen-bond donors (Lipinski definition) is 2. The molecule has 2 nitrogen and oxygen atoms in total. The van der Waals surface area contributed by atoms with Crippen molar-refractivity contribution in [2.45, 2.75) is 26.1 Å². The standard InChI is InChI=1S/C4H10O2.Sb.3H/c1-2-3-4(5)6;;;;/h4-6H,2-3H2,1H3;;;;. The van der Waals surface area contributed by atoms with Crippen molar-refractivity contribution in [2.24, 2.45) is 0 Å². The van der Waals surface area contributed by atoms with Crippen LogP contribution in [0.3, 0.4) is 0 Å². The van der Waals surface area contributed by atoms with Gasteiger partial charge in [0.25, 0.3) is 0 Å². The molecular weight excluding hydrogens is 202 g/mol. The van der Waals surface area contributed by atoms with E-state index in [1.807, 2.05) is 6.92 Å². The molecule has 0 saturated heterocycles. The summed E-state index contributed by atoms with van der Waals surface area (Å²) in [5, 5.41) is 16.2. The maximum atomic E-state index is 8.11. The minimum absolute atomic E-state index is 0. The van der Waals surface area contributed by atoms with Crippen LogP contribution in [0.15, 0.2) is 0 Å². The quantitative estimate of drug-likeness (QED) is 0.454. The molecule has 0 aliphatic heterocycles. The van der Waals surface area contributed by atoms with Gasteiger partial charge in [0.15, 0.2) is 6.29 Å². The molecule has 0 radical (unpaired) electrons. The van der Waals surface area contributed by atoms with Crippen LogP contribution in [-0.4, -0.2) is 40.9 Å². The van der Waals surface area contributed by atoms with E-state index in [0.717, 1.165) is 6.42 Å². The molecule has 3 heteroatoms. The first-order chi connectivity index (χ1) is 2.77. The van der Waals surface area contributed by atoms with Crippen LogP contribution in [0.4, 0.5) is 0 Å².